The Morgan fingerprint density at radius 2 is 2.09 bits per heavy atom. The molecule has 1 aliphatic heterocycles. The lowest BCUT2D eigenvalue weighted by atomic mass is 10.1. The van der Waals surface area contributed by atoms with E-state index in [-0.39, 0.29) is 18.2 Å². The number of hydrogen-bond acceptors (Lipinski definition) is 4. The average molecular weight is 332 g/mol. The number of aromatic amines is 1. The van der Waals surface area contributed by atoms with E-state index in [0.717, 1.165) is 11.3 Å². The van der Waals surface area contributed by atoms with Gasteiger partial charge >= 0.3 is 5.97 Å². The molecule has 0 radical (unpaired) electrons. The third-order valence-electron chi connectivity index (χ3n) is 3.39. The van der Waals surface area contributed by atoms with Crippen LogP contribution in [0, 0.1) is 0 Å². The quantitative estimate of drug-likeness (QED) is 0.874. The zero-order valence-electron chi connectivity index (χ0n) is 12.2. The summed E-state index contributed by atoms with van der Waals surface area (Å²) in [6.45, 7) is 0.121. The predicted octanol–water partition coefficient (Wildman–Crippen LogP) is 2.46. The third kappa shape index (κ3) is 3.60. The molecule has 1 aromatic heterocycles. The number of ether oxygens (including phenoxy) is 1. The van der Waals surface area contributed by atoms with Crippen molar-refractivity contribution in [1.29, 1.82) is 0 Å². The van der Waals surface area contributed by atoms with Crippen LogP contribution in [0.1, 0.15) is 22.5 Å². The van der Waals surface area contributed by atoms with Gasteiger partial charge in [-0.25, -0.2) is 9.80 Å². The van der Waals surface area contributed by atoms with Crippen LogP contribution in [0.5, 0.6) is 0 Å². The van der Waals surface area contributed by atoms with Crippen molar-refractivity contribution in [3.05, 3.63) is 58.9 Å². The van der Waals surface area contributed by atoms with Crippen LogP contribution in [-0.4, -0.2) is 40.7 Å². The fourth-order valence-corrected chi connectivity index (χ4v) is 2.40. The number of esters is 1. The minimum Gasteiger partial charge on any atom is -0.451 e. The molecule has 1 amide bonds. The van der Waals surface area contributed by atoms with E-state index in [4.69, 9.17) is 16.3 Å². The van der Waals surface area contributed by atoms with E-state index in [1.165, 1.54) is 17.3 Å². The number of hydrazone groups is 1. The first-order valence-electron chi connectivity index (χ1n) is 7.08. The number of halogens is 1. The molecule has 0 unspecified atom stereocenters. The predicted molar refractivity (Wildman–Crippen MR) is 85.4 cm³/mol. The van der Waals surface area contributed by atoms with Gasteiger partial charge in [0.05, 0.1) is 17.3 Å². The molecule has 7 heteroatoms. The van der Waals surface area contributed by atoms with Crippen LogP contribution in [0.3, 0.4) is 0 Å². The lowest BCUT2D eigenvalue weighted by molar-refractivity contribution is -0.134. The maximum Gasteiger partial charge on any atom is 0.355 e. The minimum absolute atomic E-state index is 0.206. The molecule has 0 spiro atoms. The zero-order valence-corrected chi connectivity index (χ0v) is 12.9. The molecule has 2 aromatic rings. The molecular formula is C16H14ClN3O3. The number of amides is 1. The zero-order chi connectivity index (χ0) is 16.2. The molecule has 0 bridgehead atoms. The molecule has 0 saturated carbocycles. The van der Waals surface area contributed by atoms with Gasteiger partial charge in [-0.05, 0) is 11.6 Å². The van der Waals surface area contributed by atoms with Gasteiger partial charge in [0.2, 0.25) is 0 Å². The molecule has 3 rings (SSSR count). The number of benzene rings is 1. The van der Waals surface area contributed by atoms with Crippen molar-refractivity contribution in [3.63, 3.8) is 0 Å². The van der Waals surface area contributed by atoms with Gasteiger partial charge < -0.3 is 9.72 Å². The van der Waals surface area contributed by atoms with E-state index >= 15 is 0 Å². The molecule has 1 aromatic carbocycles. The highest BCUT2D eigenvalue weighted by atomic mass is 35.5. The Balaban J connectivity index is 1.57. The summed E-state index contributed by atoms with van der Waals surface area (Å²) in [7, 11) is 0. The highest BCUT2D eigenvalue weighted by Gasteiger charge is 2.22. The summed E-state index contributed by atoms with van der Waals surface area (Å²) < 4.78 is 4.97. The maximum absolute atomic E-state index is 12.1. The second-order valence-corrected chi connectivity index (χ2v) is 5.42. The summed E-state index contributed by atoms with van der Waals surface area (Å²) in [5, 5.41) is 6.03. The molecule has 0 saturated heterocycles. The molecule has 0 aliphatic carbocycles. The number of nitrogens with zero attached hydrogens (tertiary/aromatic N) is 2. The van der Waals surface area contributed by atoms with Gasteiger partial charge in [0.15, 0.2) is 6.61 Å². The Hall–Kier alpha value is -2.60. The van der Waals surface area contributed by atoms with E-state index in [0.29, 0.717) is 18.0 Å². The Morgan fingerprint density at radius 3 is 2.78 bits per heavy atom. The number of carbonyl (C=O) groups excluding carboxylic acids is 2. The molecule has 0 atom stereocenters. The number of rotatable bonds is 4. The van der Waals surface area contributed by atoms with Gasteiger partial charge in [-0.1, -0.05) is 41.9 Å². The second-order valence-electron chi connectivity index (χ2n) is 4.99. The van der Waals surface area contributed by atoms with Crippen molar-refractivity contribution < 1.29 is 14.3 Å². The summed E-state index contributed by atoms with van der Waals surface area (Å²) in [4.78, 5) is 26.5. The summed E-state index contributed by atoms with van der Waals surface area (Å²) in [6.07, 6.45) is 2.15. The summed E-state index contributed by atoms with van der Waals surface area (Å²) >= 11 is 5.71. The third-order valence-corrected chi connectivity index (χ3v) is 3.61. The van der Waals surface area contributed by atoms with Crippen LogP contribution in [-0.2, 0) is 9.53 Å². The summed E-state index contributed by atoms with van der Waals surface area (Å²) in [6, 6.07) is 11.1. The fourth-order valence-electron chi connectivity index (χ4n) is 2.24. The van der Waals surface area contributed by atoms with Crippen LogP contribution in [0.15, 0.2) is 47.7 Å². The Bertz CT molecular complexity index is 755. The number of nitrogens with one attached hydrogen (secondary N) is 1. The number of aromatic nitrogens is 1. The SMILES string of the molecule is O=C(OCC(=O)N1CCC(c2ccccc2)=N1)c1cc(Cl)c[nH]1. The van der Waals surface area contributed by atoms with Crippen LogP contribution < -0.4 is 0 Å². The van der Waals surface area contributed by atoms with Gasteiger partial charge in [0.1, 0.15) is 5.69 Å². The van der Waals surface area contributed by atoms with E-state index in [9.17, 15) is 9.59 Å². The molecule has 1 aliphatic rings. The van der Waals surface area contributed by atoms with Crippen molar-refractivity contribution in [2.75, 3.05) is 13.2 Å². The Kier molecular flexibility index (Phi) is 4.43. The molecule has 6 nitrogen and oxygen atoms in total. The Labute approximate surface area is 137 Å². The van der Waals surface area contributed by atoms with E-state index in [2.05, 4.69) is 10.1 Å². The normalized spacial score (nSPS) is 13.8. The van der Waals surface area contributed by atoms with Gasteiger partial charge in [-0.3, -0.25) is 4.79 Å². The standard InChI is InChI=1S/C16H14ClN3O3/c17-12-8-14(18-9-12)16(22)23-10-15(21)20-7-6-13(19-20)11-4-2-1-3-5-11/h1-5,8-9,18H,6-7,10H2. The molecular weight excluding hydrogens is 318 g/mol. The van der Waals surface area contributed by atoms with Crippen LogP contribution in [0.4, 0.5) is 0 Å². The lowest BCUT2D eigenvalue weighted by Crippen LogP contribution is -2.28. The van der Waals surface area contributed by atoms with Gasteiger partial charge in [0.25, 0.3) is 5.91 Å². The maximum atomic E-state index is 12.1. The smallest absolute Gasteiger partial charge is 0.355 e. The number of hydrogen-bond donors (Lipinski definition) is 1. The van der Waals surface area contributed by atoms with Crippen LogP contribution in [0.2, 0.25) is 5.02 Å². The van der Waals surface area contributed by atoms with Crippen molar-refractivity contribution in [2.45, 2.75) is 6.42 Å². The van der Waals surface area contributed by atoms with E-state index in [1.54, 1.807) is 0 Å². The van der Waals surface area contributed by atoms with Crippen molar-refractivity contribution in [2.24, 2.45) is 5.10 Å². The van der Waals surface area contributed by atoms with Gasteiger partial charge in [0, 0.05) is 12.6 Å². The topological polar surface area (TPSA) is 74.8 Å². The largest absolute Gasteiger partial charge is 0.451 e. The minimum atomic E-state index is -0.628. The van der Waals surface area contributed by atoms with Crippen molar-refractivity contribution in [1.82, 2.24) is 9.99 Å². The summed E-state index contributed by atoms with van der Waals surface area (Å²) in [5.41, 5.74) is 2.04. The average Bonchev–Trinajstić information content (AvgIpc) is 3.22. The monoisotopic (exact) mass is 331 g/mol. The van der Waals surface area contributed by atoms with Crippen LogP contribution >= 0.6 is 11.6 Å². The van der Waals surface area contributed by atoms with Gasteiger partial charge in [-0.15, -0.1) is 0 Å². The van der Waals surface area contributed by atoms with E-state index < -0.39 is 5.97 Å². The summed E-state index contributed by atoms with van der Waals surface area (Å²) in [5.74, 6) is -0.987. The number of carbonyl (C=O) groups is 2. The first-order valence-corrected chi connectivity index (χ1v) is 7.45. The van der Waals surface area contributed by atoms with Crippen LogP contribution in [0.25, 0.3) is 0 Å². The number of H-pyrrole nitrogens is 1. The molecule has 0 fully saturated rings. The van der Waals surface area contributed by atoms with Crippen molar-refractivity contribution in [3.8, 4) is 0 Å². The lowest BCUT2D eigenvalue weighted by Gasteiger charge is -2.11. The molecule has 2 heterocycles. The fraction of sp³-hybridized carbons (Fsp3) is 0.188. The van der Waals surface area contributed by atoms with Gasteiger partial charge in [-0.2, -0.15) is 5.10 Å². The van der Waals surface area contributed by atoms with Crippen molar-refractivity contribution >= 4 is 29.2 Å². The Morgan fingerprint density at radius 1 is 1.30 bits per heavy atom. The molecule has 23 heavy (non-hydrogen) atoms. The highest BCUT2D eigenvalue weighted by molar-refractivity contribution is 6.30. The molecule has 1 N–H and O–H groups in total. The first-order chi connectivity index (χ1) is 11.1. The van der Waals surface area contributed by atoms with E-state index in [1.807, 2.05) is 30.3 Å². The first kappa shape index (κ1) is 15.3. The highest BCUT2D eigenvalue weighted by Crippen LogP contribution is 2.14. The second kappa shape index (κ2) is 6.66. The molecule has 118 valence electrons.